The monoisotopic (exact) mass is 457 g/mol. The lowest BCUT2D eigenvalue weighted by Gasteiger charge is -2.34. The molecular weight excluding hydrogens is 422 g/mol. The summed E-state index contributed by atoms with van der Waals surface area (Å²) in [7, 11) is 0. The van der Waals surface area contributed by atoms with Gasteiger partial charge in [0.05, 0.1) is 13.2 Å². The number of rotatable bonds is 9. The number of likely N-dealkylation sites (tertiary alicyclic amines) is 1. The third kappa shape index (κ3) is 5.39. The van der Waals surface area contributed by atoms with Gasteiger partial charge in [-0.05, 0) is 93.2 Å². The number of aromatic hydroxyl groups is 1. The number of fused-ring (bicyclic) bond motifs is 1. The zero-order valence-electron chi connectivity index (χ0n) is 19.9. The third-order valence-corrected chi connectivity index (χ3v) is 7.20. The number of phenols is 1. The van der Waals surface area contributed by atoms with Crippen LogP contribution in [0.1, 0.15) is 60.6 Å². The standard InChI is InChI=1S/C30H35NO3/c32-25-13-16-29-27(21-25)30(28(22-34-29)23-9-3-1-4-10-23)24-11-14-26(15-12-24)33-20-8-2-5-17-31-18-6-7-19-31/h1,3-4,9-16,21,28,30,32H,2,5-8,17-20,22H2/t28-,30?/m1/s1. The molecule has 0 saturated carbocycles. The van der Waals surface area contributed by atoms with Gasteiger partial charge < -0.3 is 19.5 Å². The quantitative estimate of drug-likeness (QED) is 0.381. The van der Waals surface area contributed by atoms with E-state index in [9.17, 15) is 5.11 Å². The second-order valence-corrected chi connectivity index (χ2v) is 9.55. The van der Waals surface area contributed by atoms with Crippen LogP contribution in [0.25, 0.3) is 0 Å². The maximum Gasteiger partial charge on any atom is 0.123 e. The number of ether oxygens (including phenoxy) is 2. The van der Waals surface area contributed by atoms with Gasteiger partial charge in [0.15, 0.2) is 0 Å². The summed E-state index contributed by atoms with van der Waals surface area (Å²) < 4.78 is 12.1. The van der Waals surface area contributed by atoms with Crippen LogP contribution >= 0.6 is 0 Å². The summed E-state index contributed by atoms with van der Waals surface area (Å²) in [5, 5.41) is 10.2. The second kappa shape index (κ2) is 11.0. The number of benzene rings is 3. The summed E-state index contributed by atoms with van der Waals surface area (Å²) in [6.07, 6.45) is 6.31. The van der Waals surface area contributed by atoms with Crippen LogP contribution in [0.4, 0.5) is 0 Å². The van der Waals surface area contributed by atoms with E-state index in [0.29, 0.717) is 6.61 Å². The van der Waals surface area contributed by atoms with E-state index in [4.69, 9.17) is 9.47 Å². The zero-order chi connectivity index (χ0) is 23.2. The Bertz CT molecular complexity index is 1040. The minimum Gasteiger partial charge on any atom is -0.508 e. The highest BCUT2D eigenvalue weighted by Crippen LogP contribution is 2.47. The van der Waals surface area contributed by atoms with Crippen molar-refractivity contribution in [2.75, 3.05) is 32.8 Å². The Labute approximate surface area is 203 Å². The molecule has 3 aromatic rings. The first kappa shape index (κ1) is 22.8. The van der Waals surface area contributed by atoms with E-state index >= 15 is 0 Å². The lowest BCUT2D eigenvalue weighted by molar-refractivity contribution is 0.248. The first-order chi connectivity index (χ1) is 16.8. The molecule has 0 aliphatic carbocycles. The average molecular weight is 458 g/mol. The summed E-state index contributed by atoms with van der Waals surface area (Å²) >= 11 is 0. The Morgan fingerprint density at radius 2 is 1.65 bits per heavy atom. The van der Waals surface area contributed by atoms with Gasteiger partial charge in [-0.25, -0.2) is 0 Å². The van der Waals surface area contributed by atoms with Crippen molar-refractivity contribution in [1.82, 2.24) is 4.90 Å². The van der Waals surface area contributed by atoms with Gasteiger partial charge in [-0.15, -0.1) is 0 Å². The van der Waals surface area contributed by atoms with Crippen LogP contribution in [-0.4, -0.2) is 42.9 Å². The molecule has 5 rings (SSSR count). The number of nitrogens with zero attached hydrogens (tertiary/aromatic N) is 1. The Morgan fingerprint density at radius 1 is 0.853 bits per heavy atom. The van der Waals surface area contributed by atoms with Crippen LogP contribution in [0.2, 0.25) is 0 Å². The van der Waals surface area contributed by atoms with Gasteiger partial charge in [-0.2, -0.15) is 0 Å². The molecule has 4 nitrogen and oxygen atoms in total. The molecule has 34 heavy (non-hydrogen) atoms. The summed E-state index contributed by atoms with van der Waals surface area (Å²) in [6.45, 7) is 5.18. The molecule has 2 aliphatic rings. The Balaban J connectivity index is 1.24. The largest absolute Gasteiger partial charge is 0.508 e. The number of hydrogen-bond donors (Lipinski definition) is 1. The van der Waals surface area contributed by atoms with Crippen LogP contribution in [-0.2, 0) is 0 Å². The first-order valence-electron chi connectivity index (χ1n) is 12.7. The highest BCUT2D eigenvalue weighted by atomic mass is 16.5. The highest BCUT2D eigenvalue weighted by Gasteiger charge is 2.33. The molecule has 2 heterocycles. The van der Waals surface area contributed by atoms with Gasteiger partial charge in [0.25, 0.3) is 0 Å². The lowest BCUT2D eigenvalue weighted by atomic mass is 9.76. The normalized spacial score (nSPS) is 20.0. The zero-order valence-corrected chi connectivity index (χ0v) is 19.9. The molecule has 1 unspecified atom stereocenters. The Hall–Kier alpha value is -2.98. The topological polar surface area (TPSA) is 41.9 Å². The molecule has 1 fully saturated rings. The predicted molar refractivity (Wildman–Crippen MR) is 136 cm³/mol. The smallest absolute Gasteiger partial charge is 0.123 e. The summed E-state index contributed by atoms with van der Waals surface area (Å²) in [4.78, 5) is 2.58. The molecule has 0 amide bonds. The molecule has 1 saturated heterocycles. The SMILES string of the molecule is Oc1ccc2c(c1)C(c1ccc(OCCCCCN3CCCC3)cc1)[C@@H](c1ccccc1)CO2. The van der Waals surface area contributed by atoms with E-state index in [-0.39, 0.29) is 17.6 Å². The summed E-state index contributed by atoms with van der Waals surface area (Å²) in [6, 6.07) is 24.4. The molecule has 0 bridgehead atoms. The van der Waals surface area contributed by atoms with Gasteiger partial charge in [0.1, 0.15) is 17.2 Å². The van der Waals surface area contributed by atoms with Crippen LogP contribution in [0.5, 0.6) is 17.2 Å². The lowest BCUT2D eigenvalue weighted by Crippen LogP contribution is -2.25. The van der Waals surface area contributed by atoms with E-state index in [2.05, 4.69) is 53.4 Å². The fourth-order valence-corrected chi connectivity index (χ4v) is 5.39. The number of hydrogen-bond acceptors (Lipinski definition) is 4. The van der Waals surface area contributed by atoms with Gasteiger partial charge in [0.2, 0.25) is 0 Å². The molecule has 2 aliphatic heterocycles. The van der Waals surface area contributed by atoms with Crippen molar-refractivity contribution < 1.29 is 14.6 Å². The Morgan fingerprint density at radius 3 is 2.44 bits per heavy atom. The van der Waals surface area contributed by atoms with E-state index in [0.717, 1.165) is 30.1 Å². The molecule has 0 radical (unpaired) electrons. The van der Waals surface area contributed by atoms with Gasteiger partial charge in [0, 0.05) is 17.4 Å². The minimum absolute atomic E-state index is 0.109. The van der Waals surface area contributed by atoms with Gasteiger partial charge >= 0.3 is 0 Å². The third-order valence-electron chi connectivity index (χ3n) is 7.20. The van der Waals surface area contributed by atoms with Gasteiger partial charge in [-0.1, -0.05) is 42.5 Å². The molecule has 2 atom stereocenters. The van der Waals surface area contributed by atoms with Crippen LogP contribution in [0.3, 0.4) is 0 Å². The van der Waals surface area contributed by atoms with Gasteiger partial charge in [-0.3, -0.25) is 0 Å². The van der Waals surface area contributed by atoms with Crippen molar-refractivity contribution in [3.63, 3.8) is 0 Å². The second-order valence-electron chi connectivity index (χ2n) is 9.55. The minimum atomic E-state index is 0.109. The number of unbranched alkanes of at least 4 members (excludes halogenated alkanes) is 2. The average Bonchev–Trinajstić information content (AvgIpc) is 3.40. The maximum absolute atomic E-state index is 10.2. The van der Waals surface area contributed by atoms with Crippen molar-refractivity contribution in [2.45, 2.75) is 43.9 Å². The van der Waals surface area contributed by atoms with Crippen molar-refractivity contribution in [3.8, 4) is 17.2 Å². The van der Waals surface area contributed by atoms with Crippen molar-refractivity contribution in [2.24, 2.45) is 0 Å². The first-order valence-corrected chi connectivity index (χ1v) is 12.7. The van der Waals surface area contributed by atoms with Crippen LogP contribution < -0.4 is 9.47 Å². The highest BCUT2D eigenvalue weighted by molar-refractivity contribution is 5.51. The summed E-state index contributed by atoms with van der Waals surface area (Å²) in [5.74, 6) is 2.33. The Kier molecular flexibility index (Phi) is 7.35. The molecule has 0 aromatic heterocycles. The molecule has 3 aromatic carbocycles. The van der Waals surface area contributed by atoms with Crippen molar-refractivity contribution >= 4 is 0 Å². The van der Waals surface area contributed by atoms with Crippen molar-refractivity contribution in [3.05, 3.63) is 89.5 Å². The molecule has 178 valence electrons. The fourth-order valence-electron chi connectivity index (χ4n) is 5.39. The van der Waals surface area contributed by atoms with Crippen LogP contribution in [0, 0.1) is 0 Å². The number of phenolic OH excluding ortho intramolecular Hbond substituents is 1. The predicted octanol–water partition coefficient (Wildman–Crippen LogP) is 6.35. The maximum atomic E-state index is 10.2. The molecule has 4 heteroatoms. The van der Waals surface area contributed by atoms with Crippen LogP contribution in [0.15, 0.2) is 72.8 Å². The van der Waals surface area contributed by atoms with E-state index in [1.165, 1.54) is 56.4 Å². The van der Waals surface area contributed by atoms with E-state index in [1.54, 1.807) is 6.07 Å². The molecule has 0 spiro atoms. The fraction of sp³-hybridized carbons (Fsp3) is 0.400. The summed E-state index contributed by atoms with van der Waals surface area (Å²) in [5.41, 5.74) is 3.49. The molecular formula is C30H35NO3. The van der Waals surface area contributed by atoms with E-state index < -0.39 is 0 Å². The molecule has 1 N–H and O–H groups in total. The van der Waals surface area contributed by atoms with E-state index in [1.807, 2.05) is 18.2 Å². The van der Waals surface area contributed by atoms with Crippen molar-refractivity contribution in [1.29, 1.82) is 0 Å².